The monoisotopic (exact) mass is 569 g/mol. The van der Waals surface area contributed by atoms with Crippen molar-refractivity contribution in [1.29, 1.82) is 5.26 Å². The van der Waals surface area contributed by atoms with Crippen LogP contribution in [-0.4, -0.2) is 34.7 Å². The first-order valence-corrected chi connectivity index (χ1v) is 13.3. The van der Waals surface area contributed by atoms with E-state index in [1.165, 1.54) is 35.2 Å². The van der Waals surface area contributed by atoms with E-state index in [0.29, 0.717) is 12.1 Å². The van der Waals surface area contributed by atoms with Gasteiger partial charge in [0, 0.05) is 22.5 Å². The van der Waals surface area contributed by atoms with E-state index in [2.05, 4.69) is 6.07 Å². The number of anilines is 1. The minimum Gasteiger partial charge on any atom is -0.506 e. The smallest absolute Gasteiger partial charge is 0.246 e. The highest BCUT2D eigenvalue weighted by molar-refractivity contribution is 6.31. The molecule has 0 unspecified atom stereocenters. The largest absolute Gasteiger partial charge is 0.506 e. The van der Waals surface area contributed by atoms with Crippen molar-refractivity contribution in [3.05, 3.63) is 93.5 Å². The molecule has 39 heavy (non-hydrogen) atoms. The predicted octanol–water partition coefficient (Wildman–Crippen LogP) is 7.02. The summed E-state index contributed by atoms with van der Waals surface area (Å²) in [6, 6.07) is 15.6. The molecule has 0 aromatic heterocycles. The van der Waals surface area contributed by atoms with Crippen molar-refractivity contribution < 1.29 is 18.7 Å². The van der Waals surface area contributed by atoms with Gasteiger partial charge in [-0.3, -0.25) is 14.6 Å². The molecular weight excluding hydrogens is 543 g/mol. The number of phenolic OH excluding ortho intramolecular Hbond substituents is 1. The van der Waals surface area contributed by atoms with Gasteiger partial charge in [0.1, 0.15) is 28.8 Å². The van der Waals surface area contributed by atoms with E-state index in [4.69, 9.17) is 23.2 Å². The number of carbonyl (C=O) groups is 1. The van der Waals surface area contributed by atoms with E-state index < -0.39 is 41.0 Å². The van der Waals surface area contributed by atoms with Crippen molar-refractivity contribution in [2.24, 2.45) is 5.41 Å². The van der Waals surface area contributed by atoms with Crippen LogP contribution in [0.3, 0.4) is 0 Å². The van der Waals surface area contributed by atoms with Crippen molar-refractivity contribution >= 4 is 34.8 Å². The summed E-state index contributed by atoms with van der Waals surface area (Å²) in [5.41, 5.74) is -1.62. The number of rotatable bonds is 4. The van der Waals surface area contributed by atoms with Crippen molar-refractivity contribution in [2.45, 2.75) is 50.6 Å². The minimum atomic E-state index is -1.67. The summed E-state index contributed by atoms with van der Waals surface area (Å²) in [6.07, 6.45) is 0.389. The number of para-hydroxylation sites is 2. The maximum absolute atomic E-state index is 15.8. The molecule has 0 radical (unpaired) electrons. The molecule has 3 aromatic rings. The van der Waals surface area contributed by atoms with Gasteiger partial charge in [-0.15, -0.1) is 0 Å². The first kappa shape index (κ1) is 27.4. The molecule has 2 aliphatic heterocycles. The van der Waals surface area contributed by atoms with Crippen LogP contribution in [0.4, 0.5) is 14.5 Å². The van der Waals surface area contributed by atoms with Crippen LogP contribution in [0, 0.1) is 28.4 Å². The van der Waals surface area contributed by atoms with E-state index in [9.17, 15) is 15.2 Å². The summed E-state index contributed by atoms with van der Waals surface area (Å²) in [4.78, 5) is 17.5. The number of fused-ring (bicyclic) bond motifs is 1. The molecule has 0 aliphatic carbocycles. The number of aromatic hydroxyl groups is 1. The predicted molar refractivity (Wildman–Crippen MR) is 147 cm³/mol. The Morgan fingerprint density at radius 1 is 1.10 bits per heavy atom. The third-order valence-electron chi connectivity index (χ3n) is 7.77. The number of amides is 1. The maximum Gasteiger partial charge on any atom is 0.246 e. The van der Waals surface area contributed by atoms with Crippen LogP contribution in [0.15, 0.2) is 60.7 Å². The van der Waals surface area contributed by atoms with Gasteiger partial charge in [0.2, 0.25) is 5.91 Å². The minimum absolute atomic E-state index is 0.0269. The topological polar surface area (TPSA) is 67.6 Å². The quantitative estimate of drug-likeness (QED) is 0.366. The van der Waals surface area contributed by atoms with E-state index in [1.54, 1.807) is 24.3 Å². The Morgan fingerprint density at radius 2 is 1.82 bits per heavy atom. The number of hydrogen-bond donors (Lipinski definition) is 1. The SMILES string of the molecule is CC(C)(C)C[C@@H]1N2CN(c3ccccc3O)C(=O)[C@H]2[C@H](c2cccc(Cl)c2F)[C@@]1(C#N)c1ccc(Cl)cc1F. The molecule has 2 saturated heterocycles. The molecule has 4 atom stereocenters. The second-order valence-electron chi connectivity index (χ2n) is 11.4. The van der Waals surface area contributed by atoms with Gasteiger partial charge in [-0.1, -0.05) is 74.3 Å². The fraction of sp³-hybridized carbons (Fsp3) is 0.333. The summed E-state index contributed by atoms with van der Waals surface area (Å²) >= 11 is 12.3. The van der Waals surface area contributed by atoms with Crippen molar-refractivity contribution in [1.82, 2.24) is 4.90 Å². The fourth-order valence-electron chi connectivity index (χ4n) is 6.26. The van der Waals surface area contributed by atoms with Crippen molar-refractivity contribution in [3.63, 3.8) is 0 Å². The second kappa shape index (κ2) is 9.78. The number of carbonyl (C=O) groups excluding carboxylic acids is 1. The molecule has 202 valence electrons. The Morgan fingerprint density at radius 3 is 2.46 bits per heavy atom. The van der Waals surface area contributed by atoms with Crippen LogP contribution < -0.4 is 4.90 Å². The third-order valence-corrected chi connectivity index (χ3v) is 8.30. The van der Waals surface area contributed by atoms with E-state index in [1.807, 2.05) is 25.7 Å². The van der Waals surface area contributed by atoms with Crippen LogP contribution in [0.25, 0.3) is 0 Å². The van der Waals surface area contributed by atoms with E-state index in [0.717, 1.165) is 6.07 Å². The second-order valence-corrected chi connectivity index (χ2v) is 12.2. The highest BCUT2D eigenvalue weighted by Gasteiger charge is 2.67. The number of halogens is 4. The Hall–Kier alpha value is -3.18. The van der Waals surface area contributed by atoms with E-state index in [-0.39, 0.29) is 39.0 Å². The molecule has 0 saturated carbocycles. The Kier molecular flexibility index (Phi) is 6.87. The standard InChI is InChI=1S/C30H27Cl2F2N3O2/c1-29(2,3)14-24-30(15-35,19-12-11-17(31)13-21(19)33)25(18-7-6-8-20(32)26(18)34)27-28(39)36(16-37(24)27)22-9-4-5-10-23(22)38/h4-13,24-25,27,38H,14,16H2,1-3H3/t24-,25-,27+,30-/m0/s1. The Labute approximate surface area is 236 Å². The lowest BCUT2D eigenvalue weighted by atomic mass is 9.62. The van der Waals surface area contributed by atoms with E-state index >= 15 is 8.78 Å². The molecule has 0 spiro atoms. The molecule has 1 N–H and O–H groups in total. The van der Waals surface area contributed by atoms with Crippen LogP contribution >= 0.6 is 23.2 Å². The zero-order valence-electron chi connectivity index (χ0n) is 21.6. The van der Waals surface area contributed by atoms with Crippen LogP contribution in [0.2, 0.25) is 10.0 Å². The van der Waals surface area contributed by atoms with Gasteiger partial charge in [0.25, 0.3) is 0 Å². The molecule has 2 aliphatic rings. The van der Waals surface area contributed by atoms with Gasteiger partial charge in [0.05, 0.1) is 23.4 Å². The number of benzene rings is 3. The summed E-state index contributed by atoms with van der Waals surface area (Å²) in [5, 5.41) is 21.5. The highest BCUT2D eigenvalue weighted by Crippen LogP contribution is 2.58. The number of hydrogen-bond acceptors (Lipinski definition) is 4. The highest BCUT2D eigenvalue weighted by atomic mass is 35.5. The molecule has 9 heteroatoms. The summed E-state index contributed by atoms with van der Waals surface area (Å²) in [7, 11) is 0. The fourth-order valence-corrected chi connectivity index (χ4v) is 6.61. The van der Waals surface area contributed by atoms with Crippen molar-refractivity contribution in [2.75, 3.05) is 11.6 Å². The first-order valence-electron chi connectivity index (χ1n) is 12.6. The number of nitriles is 1. The third kappa shape index (κ3) is 4.35. The van der Waals surface area contributed by atoms with Gasteiger partial charge in [-0.05, 0) is 47.7 Å². The lowest BCUT2D eigenvalue weighted by Crippen LogP contribution is -2.48. The van der Waals surface area contributed by atoms with Gasteiger partial charge in [-0.25, -0.2) is 8.78 Å². The average Bonchev–Trinajstić information content (AvgIpc) is 3.32. The molecular formula is C30H27Cl2F2N3O2. The Balaban J connectivity index is 1.81. The Bertz CT molecular complexity index is 1500. The first-order chi connectivity index (χ1) is 18.4. The van der Waals surface area contributed by atoms with Gasteiger partial charge < -0.3 is 5.11 Å². The zero-order chi connectivity index (χ0) is 28.3. The normalized spacial score (nSPS) is 25.1. The molecule has 0 bridgehead atoms. The summed E-state index contributed by atoms with van der Waals surface area (Å²) < 4.78 is 31.6. The van der Waals surface area contributed by atoms with Gasteiger partial charge in [-0.2, -0.15) is 5.26 Å². The molecule has 1 amide bonds. The van der Waals surface area contributed by atoms with Crippen LogP contribution in [-0.2, 0) is 10.2 Å². The lowest BCUT2D eigenvalue weighted by Gasteiger charge is -2.40. The summed E-state index contributed by atoms with van der Waals surface area (Å²) in [5.74, 6) is -3.09. The summed E-state index contributed by atoms with van der Waals surface area (Å²) in [6.45, 7) is 6.01. The number of nitrogens with zero attached hydrogens (tertiary/aromatic N) is 3. The van der Waals surface area contributed by atoms with Gasteiger partial charge in [0.15, 0.2) is 0 Å². The molecule has 2 heterocycles. The molecule has 3 aromatic carbocycles. The average molecular weight is 570 g/mol. The lowest BCUT2D eigenvalue weighted by molar-refractivity contribution is -0.119. The van der Waals surface area contributed by atoms with Crippen LogP contribution in [0.5, 0.6) is 5.75 Å². The maximum atomic E-state index is 15.8. The zero-order valence-corrected chi connectivity index (χ0v) is 23.1. The van der Waals surface area contributed by atoms with Crippen molar-refractivity contribution in [3.8, 4) is 11.8 Å². The molecule has 5 rings (SSSR count). The molecule has 5 nitrogen and oxygen atoms in total. The molecule has 2 fully saturated rings. The van der Waals surface area contributed by atoms with Crippen LogP contribution in [0.1, 0.15) is 44.2 Å². The van der Waals surface area contributed by atoms with Gasteiger partial charge >= 0.3 is 0 Å². The number of phenols is 1.